The number of rotatable bonds is 8. The largest absolute Gasteiger partial charge is 0.497 e. The third-order valence-electron chi connectivity index (χ3n) is 5.29. The van der Waals surface area contributed by atoms with E-state index in [2.05, 4.69) is 5.32 Å². The molecule has 1 aromatic heterocycles. The first-order chi connectivity index (χ1) is 16.0. The molecule has 1 atom stereocenters. The Morgan fingerprint density at radius 1 is 1.00 bits per heavy atom. The average molecular weight is 449 g/mol. The molecule has 9 nitrogen and oxygen atoms in total. The number of anilines is 2. The van der Waals surface area contributed by atoms with Gasteiger partial charge in [0.1, 0.15) is 23.3 Å². The summed E-state index contributed by atoms with van der Waals surface area (Å²) in [6.07, 6.45) is 1.28. The molecule has 4 rings (SSSR count). The fourth-order valence-electron chi connectivity index (χ4n) is 3.63. The van der Waals surface area contributed by atoms with Crippen molar-refractivity contribution < 1.29 is 28.3 Å². The number of ether oxygens (including phenoxy) is 2. The number of hydrogen-bond acceptors (Lipinski definition) is 6. The van der Waals surface area contributed by atoms with Crippen LogP contribution in [-0.4, -0.2) is 43.0 Å². The van der Waals surface area contributed by atoms with Crippen molar-refractivity contribution in [3.8, 4) is 11.5 Å². The van der Waals surface area contributed by atoms with E-state index in [1.165, 1.54) is 18.3 Å². The third kappa shape index (κ3) is 4.67. The normalized spacial score (nSPS) is 15.6. The summed E-state index contributed by atoms with van der Waals surface area (Å²) in [7, 11) is 3.06. The first kappa shape index (κ1) is 21.9. The Balaban J connectivity index is 1.57. The SMILES string of the molecule is COc1ccc(NC(=O)C[C@H]2C(=O)N(c3cccc(OC)c3)C(=O)N2Cc2ccco2)cc1. The van der Waals surface area contributed by atoms with Gasteiger partial charge >= 0.3 is 6.03 Å². The molecule has 1 aliphatic rings. The molecule has 1 N–H and O–H groups in total. The Bertz CT molecular complexity index is 1140. The van der Waals surface area contributed by atoms with Crippen LogP contribution in [0.1, 0.15) is 12.2 Å². The van der Waals surface area contributed by atoms with E-state index >= 15 is 0 Å². The number of methoxy groups -OCH3 is 2. The highest BCUT2D eigenvalue weighted by molar-refractivity contribution is 6.22. The number of amides is 4. The van der Waals surface area contributed by atoms with Crippen molar-refractivity contribution in [2.45, 2.75) is 19.0 Å². The number of furan rings is 1. The smallest absolute Gasteiger partial charge is 0.332 e. The zero-order valence-electron chi connectivity index (χ0n) is 18.2. The Hall–Kier alpha value is -4.27. The molecule has 0 bridgehead atoms. The second-order valence-electron chi connectivity index (χ2n) is 7.36. The molecule has 0 unspecified atom stereocenters. The molecule has 0 saturated carbocycles. The molecule has 1 aliphatic heterocycles. The maximum atomic E-state index is 13.3. The van der Waals surface area contributed by atoms with Crippen LogP contribution < -0.4 is 19.7 Å². The first-order valence-electron chi connectivity index (χ1n) is 10.2. The predicted molar refractivity (Wildman–Crippen MR) is 120 cm³/mol. The van der Waals surface area contributed by atoms with Gasteiger partial charge in [0, 0.05) is 11.8 Å². The van der Waals surface area contributed by atoms with Gasteiger partial charge in [0.15, 0.2) is 0 Å². The van der Waals surface area contributed by atoms with Crippen molar-refractivity contribution in [3.05, 3.63) is 72.7 Å². The van der Waals surface area contributed by atoms with Crippen LogP contribution in [0, 0.1) is 0 Å². The van der Waals surface area contributed by atoms with E-state index in [0.29, 0.717) is 28.6 Å². The maximum Gasteiger partial charge on any atom is 0.332 e. The van der Waals surface area contributed by atoms with Gasteiger partial charge in [-0.3, -0.25) is 9.59 Å². The van der Waals surface area contributed by atoms with Crippen molar-refractivity contribution in [2.75, 3.05) is 24.4 Å². The first-order valence-corrected chi connectivity index (χ1v) is 10.2. The number of carbonyl (C=O) groups is 3. The molecule has 3 aromatic rings. The molecular weight excluding hydrogens is 426 g/mol. The standard InChI is InChI=1S/C24H23N3O6/c1-31-18-10-8-16(9-11-18)25-22(28)14-21-23(29)27(17-5-3-6-19(13-17)32-2)24(30)26(21)15-20-7-4-12-33-20/h3-13,21H,14-15H2,1-2H3,(H,25,28)/t21-/m0/s1. The number of imide groups is 1. The zero-order chi connectivity index (χ0) is 23.4. The highest BCUT2D eigenvalue weighted by atomic mass is 16.5. The lowest BCUT2D eigenvalue weighted by molar-refractivity contribution is -0.124. The molecule has 4 amide bonds. The highest BCUT2D eigenvalue weighted by Crippen LogP contribution is 2.30. The van der Waals surface area contributed by atoms with Crippen molar-refractivity contribution in [3.63, 3.8) is 0 Å². The summed E-state index contributed by atoms with van der Waals surface area (Å²) < 4.78 is 15.7. The fourth-order valence-corrected chi connectivity index (χ4v) is 3.63. The van der Waals surface area contributed by atoms with Crippen LogP contribution in [0.15, 0.2) is 71.3 Å². The Labute approximate surface area is 190 Å². The van der Waals surface area contributed by atoms with E-state index in [4.69, 9.17) is 13.9 Å². The minimum Gasteiger partial charge on any atom is -0.497 e. The van der Waals surface area contributed by atoms with Gasteiger partial charge in [0.25, 0.3) is 5.91 Å². The van der Waals surface area contributed by atoms with Crippen molar-refractivity contribution in [2.24, 2.45) is 0 Å². The number of carbonyl (C=O) groups excluding carboxylic acids is 3. The Kier molecular flexibility index (Phi) is 6.30. The van der Waals surface area contributed by atoms with Crippen LogP contribution >= 0.6 is 0 Å². The lowest BCUT2D eigenvalue weighted by Crippen LogP contribution is -2.37. The molecule has 170 valence electrons. The number of benzene rings is 2. The van der Waals surface area contributed by atoms with Gasteiger partial charge in [-0.05, 0) is 48.5 Å². The van der Waals surface area contributed by atoms with Crippen LogP contribution in [0.3, 0.4) is 0 Å². The Morgan fingerprint density at radius 3 is 2.42 bits per heavy atom. The minimum atomic E-state index is -0.993. The van der Waals surface area contributed by atoms with E-state index in [1.54, 1.807) is 67.8 Å². The van der Waals surface area contributed by atoms with Gasteiger partial charge in [0.05, 0.1) is 39.1 Å². The second-order valence-corrected chi connectivity index (χ2v) is 7.36. The molecule has 0 aliphatic carbocycles. The lowest BCUT2D eigenvalue weighted by atomic mass is 10.1. The molecule has 1 saturated heterocycles. The molecule has 0 radical (unpaired) electrons. The summed E-state index contributed by atoms with van der Waals surface area (Å²) in [5.41, 5.74) is 0.923. The summed E-state index contributed by atoms with van der Waals surface area (Å²) in [6, 6.07) is 15.3. The van der Waals surface area contributed by atoms with Crippen LogP contribution in [0.4, 0.5) is 16.2 Å². The van der Waals surface area contributed by atoms with Gasteiger partial charge in [-0.15, -0.1) is 0 Å². The third-order valence-corrected chi connectivity index (χ3v) is 5.29. The number of urea groups is 1. The lowest BCUT2D eigenvalue weighted by Gasteiger charge is -2.20. The van der Waals surface area contributed by atoms with E-state index in [9.17, 15) is 14.4 Å². The number of hydrogen-bond donors (Lipinski definition) is 1. The molecule has 1 fully saturated rings. The fraction of sp³-hybridized carbons (Fsp3) is 0.208. The molecule has 9 heteroatoms. The second kappa shape index (κ2) is 9.47. The molecule has 2 heterocycles. The van der Waals surface area contributed by atoms with Crippen LogP contribution in [0.5, 0.6) is 11.5 Å². The van der Waals surface area contributed by atoms with Crippen molar-refractivity contribution >= 4 is 29.2 Å². The molecule has 33 heavy (non-hydrogen) atoms. The summed E-state index contributed by atoms with van der Waals surface area (Å²) in [5, 5.41) is 2.76. The van der Waals surface area contributed by atoms with Gasteiger partial charge in [-0.2, -0.15) is 0 Å². The van der Waals surface area contributed by atoms with Gasteiger partial charge in [0.2, 0.25) is 5.91 Å². The maximum absolute atomic E-state index is 13.3. The predicted octanol–water partition coefficient (Wildman–Crippen LogP) is 3.66. The van der Waals surface area contributed by atoms with Gasteiger partial charge in [-0.25, -0.2) is 9.69 Å². The summed E-state index contributed by atoms with van der Waals surface area (Å²) in [6.45, 7) is 0.0541. The van der Waals surface area contributed by atoms with Crippen molar-refractivity contribution in [1.29, 1.82) is 0 Å². The van der Waals surface area contributed by atoms with E-state index in [0.717, 1.165) is 4.90 Å². The van der Waals surface area contributed by atoms with Gasteiger partial charge in [-0.1, -0.05) is 6.07 Å². The summed E-state index contributed by atoms with van der Waals surface area (Å²) >= 11 is 0. The van der Waals surface area contributed by atoms with Crippen LogP contribution in [0.25, 0.3) is 0 Å². The van der Waals surface area contributed by atoms with E-state index < -0.39 is 23.9 Å². The average Bonchev–Trinajstić information content (AvgIpc) is 3.42. The minimum absolute atomic E-state index is 0.0541. The number of nitrogens with zero attached hydrogens (tertiary/aromatic N) is 2. The monoisotopic (exact) mass is 449 g/mol. The topological polar surface area (TPSA) is 101 Å². The molecule has 0 spiro atoms. The highest BCUT2D eigenvalue weighted by Gasteiger charge is 2.47. The van der Waals surface area contributed by atoms with E-state index in [-0.39, 0.29) is 13.0 Å². The quantitative estimate of drug-likeness (QED) is 0.527. The van der Waals surface area contributed by atoms with Gasteiger partial charge < -0.3 is 24.1 Å². The number of nitrogens with one attached hydrogen (secondary N) is 1. The van der Waals surface area contributed by atoms with Crippen LogP contribution in [-0.2, 0) is 16.1 Å². The Morgan fingerprint density at radius 2 is 1.76 bits per heavy atom. The summed E-state index contributed by atoms with van der Waals surface area (Å²) in [5.74, 6) is 0.770. The molecule has 2 aromatic carbocycles. The molecular formula is C24H23N3O6. The summed E-state index contributed by atoms with van der Waals surface area (Å²) in [4.78, 5) is 41.8. The van der Waals surface area contributed by atoms with E-state index in [1.807, 2.05) is 0 Å². The zero-order valence-corrected chi connectivity index (χ0v) is 18.2. The van der Waals surface area contributed by atoms with Crippen LogP contribution in [0.2, 0.25) is 0 Å². The van der Waals surface area contributed by atoms with Crippen molar-refractivity contribution in [1.82, 2.24) is 4.90 Å².